The first-order chi connectivity index (χ1) is 11.5. The van der Waals surface area contributed by atoms with Crippen molar-refractivity contribution < 1.29 is 18.3 Å². The summed E-state index contributed by atoms with van der Waals surface area (Å²) in [5.74, 6) is -1.79. The lowest BCUT2D eigenvalue weighted by Crippen LogP contribution is -2.22. The summed E-state index contributed by atoms with van der Waals surface area (Å²) < 4.78 is 23.4. The van der Waals surface area contributed by atoms with E-state index in [9.17, 15) is 14.4 Å². The monoisotopic (exact) mass is 328 g/mol. The molecule has 3 N–H and O–H groups in total. The maximum Gasteiger partial charge on any atom is 0.394 e. The number of hydrogen-bond acceptors (Lipinski definition) is 7. The lowest BCUT2D eigenvalue weighted by Gasteiger charge is -2.22. The minimum atomic E-state index is -0.719. The molecule has 24 heavy (non-hydrogen) atoms. The van der Waals surface area contributed by atoms with Gasteiger partial charge in [0, 0.05) is 0 Å². The maximum absolute atomic E-state index is 13.2. The lowest BCUT2D eigenvalue weighted by atomic mass is 9.87. The number of ether oxygens (including phenoxy) is 1. The molecule has 0 aliphatic carbocycles. The first kappa shape index (κ1) is 15.6. The Hall–Kier alpha value is -3.34. The van der Waals surface area contributed by atoms with Gasteiger partial charge in [0.15, 0.2) is 0 Å². The molecule has 122 valence electrons. The minimum absolute atomic E-state index is 0.0888. The van der Waals surface area contributed by atoms with E-state index in [1.165, 1.54) is 24.3 Å². The predicted molar refractivity (Wildman–Crippen MR) is 81.2 cm³/mol. The number of oxazole rings is 1. The number of benzene rings is 1. The number of anilines is 1. The van der Waals surface area contributed by atoms with Gasteiger partial charge in [-0.3, -0.25) is 0 Å². The summed E-state index contributed by atoms with van der Waals surface area (Å²) >= 11 is 0. The van der Waals surface area contributed by atoms with E-state index in [0.717, 1.165) is 0 Å². The van der Waals surface area contributed by atoms with E-state index in [4.69, 9.17) is 14.9 Å². The number of fused-ring (bicyclic) bond motifs is 1. The number of carbonyl (C=O) groups excluding carboxylic acids is 1. The summed E-state index contributed by atoms with van der Waals surface area (Å²) in [5, 5.41) is 12.1. The van der Waals surface area contributed by atoms with Crippen LogP contribution in [0.25, 0.3) is 0 Å². The molecule has 1 atom stereocenters. The Morgan fingerprint density at radius 1 is 1.50 bits per heavy atom. The Balaban J connectivity index is 2.11. The molecule has 1 aromatic carbocycles. The Morgan fingerprint density at radius 2 is 2.21 bits per heavy atom. The maximum atomic E-state index is 13.2. The second-order valence-corrected chi connectivity index (χ2v) is 5.00. The van der Waals surface area contributed by atoms with Crippen LogP contribution in [0, 0.1) is 17.1 Å². The number of esters is 1. The molecule has 0 amide bonds. The zero-order chi connectivity index (χ0) is 17.3. The van der Waals surface area contributed by atoms with Gasteiger partial charge in [-0.1, -0.05) is 12.1 Å². The third-order valence-corrected chi connectivity index (χ3v) is 3.53. The molecule has 0 spiro atoms. The van der Waals surface area contributed by atoms with Crippen molar-refractivity contribution >= 4 is 11.9 Å². The van der Waals surface area contributed by atoms with Crippen LogP contribution >= 0.6 is 0 Å². The molecule has 2 heterocycles. The van der Waals surface area contributed by atoms with Gasteiger partial charge in [-0.15, -0.1) is 0 Å². The van der Waals surface area contributed by atoms with Crippen LogP contribution in [0.4, 0.5) is 10.3 Å². The van der Waals surface area contributed by atoms with Crippen molar-refractivity contribution in [3.05, 3.63) is 58.6 Å². The molecule has 3 rings (SSSR count). The topological polar surface area (TPSA) is 114 Å². The van der Waals surface area contributed by atoms with Crippen LogP contribution in [0.1, 0.15) is 34.8 Å². The fourth-order valence-electron chi connectivity index (χ4n) is 2.48. The number of allylic oxidation sites excluding steroid dienone is 1. The normalized spacial score (nSPS) is 16.1. The van der Waals surface area contributed by atoms with Gasteiger partial charge >= 0.3 is 11.9 Å². The molecular weight excluding hydrogens is 315 g/mol. The number of nitriles is 1. The molecular formula is C16H13FN4O3. The van der Waals surface area contributed by atoms with E-state index in [2.05, 4.69) is 10.3 Å². The summed E-state index contributed by atoms with van der Waals surface area (Å²) in [5.41, 5.74) is 6.99. The highest BCUT2D eigenvalue weighted by molar-refractivity contribution is 5.85. The van der Waals surface area contributed by atoms with Gasteiger partial charge in [0.25, 0.3) is 0 Å². The second kappa shape index (κ2) is 6.04. The van der Waals surface area contributed by atoms with Gasteiger partial charge in [0.1, 0.15) is 17.3 Å². The number of halogens is 1. The van der Waals surface area contributed by atoms with E-state index in [-0.39, 0.29) is 29.8 Å². The summed E-state index contributed by atoms with van der Waals surface area (Å²) in [6.07, 6.45) is 0. The molecule has 0 bridgehead atoms. The molecule has 7 nitrogen and oxygen atoms in total. The highest BCUT2D eigenvalue weighted by Gasteiger charge is 2.35. The van der Waals surface area contributed by atoms with E-state index in [1.807, 2.05) is 6.07 Å². The van der Waals surface area contributed by atoms with Gasteiger partial charge < -0.3 is 20.2 Å². The van der Waals surface area contributed by atoms with Gasteiger partial charge in [0.2, 0.25) is 5.88 Å². The van der Waals surface area contributed by atoms with Crippen molar-refractivity contribution in [2.24, 2.45) is 5.73 Å². The summed E-state index contributed by atoms with van der Waals surface area (Å²) in [6, 6.07) is 7.62. The van der Waals surface area contributed by atoms with Gasteiger partial charge in [-0.2, -0.15) is 5.26 Å². The quantitative estimate of drug-likeness (QED) is 0.830. The molecule has 1 aromatic heterocycles. The molecule has 0 saturated carbocycles. The van der Waals surface area contributed by atoms with Gasteiger partial charge in [0.05, 0.1) is 24.2 Å². The molecule has 2 aromatic rings. The van der Waals surface area contributed by atoms with E-state index < -0.39 is 17.7 Å². The molecule has 1 unspecified atom stereocenters. The second-order valence-electron chi connectivity index (χ2n) is 5.00. The van der Waals surface area contributed by atoms with Crippen LogP contribution in [-0.2, 0) is 4.74 Å². The Bertz CT molecular complexity index is 864. The number of nitrogens with two attached hydrogens (primary N) is 1. The van der Waals surface area contributed by atoms with Gasteiger partial charge in [-0.05, 0) is 24.6 Å². The molecule has 1 aliphatic heterocycles. The molecule has 1 aliphatic rings. The number of aromatic nitrogens is 1. The summed E-state index contributed by atoms with van der Waals surface area (Å²) in [4.78, 5) is 16.0. The molecule has 8 heteroatoms. The Morgan fingerprint density at radius 3 is 2.83 bits per heavy atom. The molecule has 0 saturated heterocycles. The number of rotatable bonds is 3. The highest BCUT2D eigenvalue weighted by atomic mass is 19.1. The largest absolute Gasteiger partial charge is 0.459 e. The number of hydrogen-bond donors (Lipinski definition) is 2. The number of carbonyl (C=O) groups is 1. The third-order valence-electron chi connectivity index (χ3n) is 3.53. The van der Waals surface area contributed by atoms with Crippen LogP contribution < -0.4 is 11.1 Å². The fraction of sp³-hybridized carbons (Fsp3) is 0.188. The van der Waals surface area contributed by atoms with Crippen LogP contribution in [0.5, 0.6) is 0 Å². The predicted octanol–water partition coefficient (Wildman–Crippen LogP) is 2.24. The van der Waals surface area contributed by atoms with Crippen molar-refractivity contribution in [1.29, 1.82) is 5.26 Å². The van der Waals surface area contributed by atoms with E-state index in [1.54, 1.807) is 6.92 Å². The summed E-state index contributed by atoms with van der Waals surface area (Å²) in [7, 11) is 0. The standard InChI is InChI=1S/C16H13FN4O3/c1-2-23-16(22)15-20-12-11(8-3-5-9(17)6-4-8)10(7-18)13(19)21-14(12)24-15/h3-6,11,21H,2,19H2,1H3. The van der Waals surface area contributed by atoms with Crippen molar-refractivity contribution in [3.8, 4) is 6.07 Å². The molecule has 0 radical (unpaired) electrons. The minimum Gasteiger partial charge on any atom is -0.459 e. The zero-order valence-electron chi connectivity index (χ0n) is 12.7. The van der Waals surface area contributed by atoms with Crippen molar-refractivity contribution in [2.45, 2.75) is 12.8 Å². The Labute approximate surface area is 136 Å². The highest BCUT2D eigenvalue weighted by Crippen LogP contribution is 2.40. The number of nitrogens with one attached hydrogen (secondary N) is 1. The SMILES string of the molecule is CCOC(=O)c1nc2c(o1)NC(N)=C(C#N)C2c1ccc(F)cc1. The van der Waals surface area contributed by atoms with Gasteiger partial charge in [-0.25, -0.2) is 14.2 Å². The third kappa shape index (κ3) is 2.56. The van der Waals surface area contributed by atoms with Crippen LogP contribution in [0.15, 0.2) is 40.1 Å². The van der Waals surface area contributed by atoms with E-state index in [0.29, 0.717) is 11.3 Å². The first-order valence-corrected chi connectivity index (χ1v) is 7.15. The smallest absolute Gasteiger partial charge is 0.394 e. The van der Waals surface area contributed by atoms with E-state index >= 15 is 0 Å². The average molecular weight is 328 g/mol. The Kier molecular flexibility index (Phi) is 3.92. The average Bonchev–Trinajstić information content (AvgIpc) is 2.98. The van der Waals surface area contributed by atoms with Crippen molar-refractivity contribution in [3.63, 3.8) is 0 Å². The van der Waals surface area contributed by atoms with Crippen LogP contribution in [0.2, 0.25) is 0 Å². The first-order valence-electron chi connectivity index (χ1n) is 7.15. The molecule has 0 fully saturated rings. The fourth-order valence-corrected chi connectivity index (χ4v) is 2.48. The van der Waals surface area contributed by atoms with Crippen LogP contribution in [0.3, 0.4) is 0 Å². The van der Waals surface area contributed by atoms with Crippen molar-refractivity contribution in [1.82, 2.24) is 4.98 Å². The summed E-state index contributed by atoms with van der Waals surface area (Å²) in [6.45, 7) is 1.83. The van der Waals surface area contributed by atoms with Crippen molar-refractivity contribution in [2.75, 3.05) is 11.9 Å². The number of nitrogens with zero attached hydrogens (tertiary/aromatic N) is 2. The zero-order valence-corrected chi connectivity index (χ0v) is 12.7. The lowest BCUT2D eigenvalue weighted by molar-refractivity contribution is 0.0482. The van der Waals surface area contributed by atoms with Crippen LogP contribution in [-0.4, -0.2) is 17.6 Å².